The summed E-state index contributed by atoms with van der Waals surface area (Å²) >= 11 is 0. The molecule has 2 heterocycles. The van der Waals surface area contributed by atoms with Gasteiger partial charge in [0.2, 0.25) is 5.91 Å². The van der Waals surface area contributed by atoms with Crippen LogP contribution in [0.5, 0.6) is 0 Å². The Hall–Kier alpha value is -3.92. The highest BCUT2D eigenvalue weighted by Crippen LogP contribution is 2.43. The fourth-order valence-corrected chi connectivity index (χ4v) is 4.19. The molecule has 0 radical (unpaired) electrons. The highest BCUT2D eigenvalue weighted by atomic mass is 19.1. The highest BCUT2D eigenvalue weighted by Gasteiger charge is 2.44. The predicted octanol–water partition coefficient (Wildman–Crippen LogP) is 4.87. The van der Waals surface area contributed by atoms with E-state index >= 15 is 0 Å². The first-order valence-electron chi connectivity index (χ1n) is 10.3. The zero-order valence-corrected chi connectivity index (χ0v) is 17.7. The standard InChI is InChI=1S/C25H22FN3O3/c1-15(2)13-29-23(16-9-10-32-14-16)22(19-5-3-4-6-20(19)25(29)31)24(30)28-18-7-8-21(26)17(11-18)12-27/h3-11,14-15,22-23H,13H2,1-2H3,(H,28,30)/t22-,23+/m0/s1. The molecule has 1 aromatic heterocycles. The number of amides is 2. The number of hydrogen-bond donors (Lipinski definition) is 1. The number of hydrogen-bond acceptors (Lipinski definition) is 4. The molecule has 1 N–H and O–H groups in total. The molecule has 0 bridgehead atoms. The molecule has 7 heteroatoms. The molecule has 1 aliphatic heterocycles. The van der Waals surface area contributed by atoms with E-state index in [4.69, 9.17) is 9.68 Å². The summed E-state index contributed by atoms with van der Waals surface area (Å²) in [5.41, 5.74) is 1.96. The monoisotopic (exact) mass is 431 g/mol. The highest BCUT2D eigenvalue weighted by molar-refractivity contribution is 6.04. The molecule has 0 spiro atoms. The number of nitriles is 1. The van der Waals surface area contributed by atoms with Crippen molar-refractivity contribution < 1.29 is 18.4 Å². The Morgan fingerprint density at radius 2 is 2.03 bits per heavy atom. The second kappa shape index (κ2) is 8.67. The van der Waals surface area contributed by atoms with Crippen molar-refractivity contribution in [2.75, 3.05) is 11.9 Å². The summed E-state index contributed by atoms with van der Waals surface area (Å²) in [5, 5.41) is 11.9. The molecule has 2 amide bonds. The van der Waals surface area contributed by atoms with Crippen molar-refractivity contribution in [3.05, 3.63) is 89.1 Å². The van der Waals surface area contributed by atoms with E-state index in [0.717, 1.165) is 6.07 Å². The number of benzene rings is 2. The largest absolute Gasteiger partial charge is 0.472 e. The Bertz CT molecular complexity index is 1200. The van der Waals surface area contributed by atoms with E-state index in [2.05, 4.69) is 5.32 Å². The molecular weight excluding hydrogens is 409 g/mol. The van der Waals surface area contributed by atoms with E-state index in [1.165, 1.54) is 18.4 Å². The van der Waals surface area contributed by atoms with Crippen LogP contribution in [-0.2, 0) is 4.79 Å². The van der Waals surface area contributed by atoms with Crippen molar-refractivity contribution in [1.29, 1.82) is 5.26 Å². The van der Waals surface area contributed by atoms with Crippen LogP contribution in [0.1, 0.15) is 52.9 Å². The number of rotatable bonds is 5. The van der Waals surface area contributed by atoms with Gasteiger partial charge in [0.05, 0.1) is 30.0 Å². The van der Waals surface area contributed by atoms with Crippen LogP contribution < -0.4 is 5.32 Å². The summed E-state index contributed by atoms with van der Waals surface area (Å²) < 4.78 is 19.0. The van der Waals surface area contributed by atoms with Crippen LogP contribution in [0.3, 0.4) is 0 Å². The average molecular weight is 431 g/mol. The molecule has 162 valence electrons. The maximum Gasteiger partial charge on any atom is 0.254 e. The lowest BCUT2D eigenvalue weighted by atomic mass is 9.79. The van der Waals surface area contributed by atoms with Gasteiger partial charge < -0.3 is 14.6 Å². The van der Waals surface area contributed by atoms with E-state index in [9.17, 15) is 14.0 Å². The molecule has 4 rings (SSSR count). The third kappa shape index (κ3) is 3.87. The van der Waals surface area contributed by atoms with E-state index < -0.39 is 17.8 Å². The number of nitrogens with one attached hydrogen (secondary N) is 1. The molecule has 3 aromatic rings. The maximum atomic E-state index is 13.7. The van der Waals surface area contributed by atoms with Gasteiger partial charge in [0.15, 0.2) is 0 Å². The van der Waals surface area contributed by atoms with Gasteiger partial charge in [-0.2, -0.15) is 5.26 Å². The van der Waals surface area contributed by atoms with E-state index in [1.54, 1.807) is 47.6 Å². The van der Waals surface area contributed by atoms with Gasteiger partial charge in [0.25, 0.3) is 5.91 Å². The summed E-state index contributed by atoms with van der Waals surface area (Å²) in [7, 11) is 0. The van der Waals surface area contributed by atoms with Crippen LogP contribution >= 0.6 is 0 Å². The molecule has 0 fully saturated rings. The minimum absolute atomic E-state index is 0.141. The third-order valence-corrected chi connectivity index (χ3v) is 5.52. The topological polar surface area (TPSA) is 86.3 Å². The van der Waals surface area contributed by atoms with Crippen molar-refractivity contribution >= 4 is 17.5 Å². The Morgan fingerprint density at radius 3 is 2.72 bits per heavy atom. The lowest BCUT2D eigenvalue weighted by Crippen LogP contribution is -2.47. The van der Waals surface area contributed by atoms with Gasteiger partial charge in [0, 0.05) is 23.4 Å². The quantitative estimate of drug-likeness (QED) is 0.625. The summed E-state index contributed by atoms with van der Waals surface area (Å²) in [4.78, 5) is 28.7. The number of carbonyl (C=O) groups excluding carboxylic acids is 2. The number of fused-ring (bicyclic) bond motifs is 1. The normalized spacial score (nSPS) is 17.7. The first-order valence-corrected chi connectivity index (χ1v) is 10.3. The lowest BCUT2D eigenvalue weighted by molar-refractivity contribution is -0.119. The second-order valence-electron chi connectivity index (χ2n) is 8.21. The van der Waals surface area contributed by atoms with Crippen LogP contribution in [0, 0.1) is 23.1 Å². The molecular formula is C25H22FN3O3. The molecule has 2 aromatic carbocycles. The van der Waals surface area contributed by atoms with Crippen LogP contribution in [0.2, 0.25) is 0 Å². The van der Waals surface area contributed by atoms with E-state index in [1.807, 2.05) is 13.8 Å². The lowest BCUT2D eigenvalue weighted by Gasteiger charge is -2.42. The molecule has 6 nitrogen and oxygen atoms in total. The zero-order chi connectivity index (χ0) is 22.8. The van der Waals surface area contributed by atoms with Crippen molar-refractivity contribution in [2.24, 2.45) is 5.92 Å². The number of furan rings is 1. The zero-order valence-electron chi connectivity index (χ0n) is 17.7. The van der Waals surface area contributed by atoms with Crippen molar-refractivity contribution in [3.63, 3.8) is 0 Å². The van der Waals surface area contributed by atoms with Crippen molar-refractivity contribution in [3.8, 4) is 6.07 Å². The van der Waals surface area contributed by atoms with Gasteiger partial charge in [-0.25, -0.2) is 4.39 Å². The number of nitrogens with zero attached hydrogens (tertiary/aromatic N) is 2. The average Bonchev–Trinajstić information content (AvgIpc) is 3.31. The maximum absolute atomic E-state index is 13.7. The van der Waals surface area contributed by atoms with Gasteiger partial charge in [-0.1, -0.05) is 32.0 Å². The van der Waals surface area contributed by atoms with Gasteiger partial charge in [-0.05, 0) is 41.8 Å². The van der Waals surface area contributed by atoms with Crippen LogP contribution in [0.15, 0.2) is 65.5 Å². The fraction of sp³-hybridized carbons (Fsp3) is 0.240. The van der Waals surface area contributed by atoms with Gasteiger partial charge in [-0.3, -0.25) is 9.59 Å². The number of halogens is 1. The molecule has 0 aliphatic carbocycles. The SMILES string of the molecule is CC(C)CN1C(=O)c2ccccc2[C@H](C(=O)Nc2ccc(F)c(C#N)c2)[C@H]1c1ccoc1. The Labute approximate surface area is 185 Å². The molecule has 0 saturated heterocycles. The van der Waals surface area contributed by atoms with E-state index in [0.29, 0.717) is 28.9 Å². The number of anilines is 1. The summed E-state index contributed by atoms with van der Waals surface area (Å²) in [6.07, 6.45) is 3.06. The molecule has 1 aliphatic rings. The van der Waals surface area contributed by atoms with Crippen molar-refractivity contribution in [1.82, 2.24) is 4.90 Å². The summed E-state index contributed by atoms with van der Waals surface area (Å²) in [5.74, 6) is -1.70. The minimum atomic E-state index is -0.726. The fourth-order valence-electron chi connectivity index (χ4n) is 4.19. The Morgan fingerprint density at radius 1 is 1.25 bits per heavy atom. The molecule has 32 heavy (non-hydrogen) atoms. The summed E-state index contributed by atoms with van der Waals surface area (Å²) in [6.45, 7) is 4.48. The summed E-state index contributed by atoms with van der Waals surface area (Å²) in [6, 6.07) is 13.9. The Kier molecular flexibility index (Phi) is 5.78. The van der Waals surface area contributed by atoms with Crippen LogP contribution in [0.4, 0.5) is 10.1 Å². The smallest absolute Gasteiger partial charge is 0.254 e. The first kappa shape index (κ1) is 21.3. The number of carbonyl (C=O) groups is 2. The van der Waals surface area contributed by atoms with Gasteiger partial charge >= 0.3 is 0 Å². The van der Waals surface area contributed by atoms with E-state index in [-0.39, 0.29) is 23.3 Å². The first-order chi connectivity index (χ1) is 15.4. The van der Waals surface area contributed by atoms with Gasteiger partial charge in [-0.15, -0.1) is 0 Å². The second-order valence-corrected chi connectivity index (χ2v) is 8.21. The molecule has 2 atom stereocenters. The molecule has 0 saturated carbocycles. The third-order valence-electron chi connectivity index (χ3n) is 5.52. The van der Waals surface area contributed by atoms with Crippen LogP contribution in [-0.4, -0.2) is 23.3 Å². The van der Waals surface area contributed by atoms with Gasteiger partial charge in [0.1, 0.15) is 11.9 Å². The Balaban J connectivity index is 1.81. The van der Waals surface area contributed by atoms with Crippen molar-refractivity contribution in [2.45, 2.75) is 25.8 Å². The molecule has 0 unspecified atom stereocenters. The predicted molar refractivity (Wildman–Crippen MR) is 116 cm³/mol. The van der Waals surface area contributed by atoms with Crippen LogP contribution in [0.25, 0.3) is 0 Å². The minimum Gasteiger partial charge on any atom is -0.472 e.